The number of carbonyl (C=O) groups is 3. The summed E-state index contributed by atoms with van der Waals surface area (Å²) in [5.74, 6) is -1.71. The summed E-state index contributed by atoms with van der Waals surface area (Å²) in [6.45, 7) is 5.06. The number of nitrogens with zero attached hydrogens (tertiary/aromatic N) is 2. The number of primary amides is 1. The van der Waals surface area contributed by atoms with Crippen LogP contribution in [0, 0.1) is 0 Å². The minimum Gasteiger partial charge on any atom is -0.480 e. The fourth-order valence-corrected chi connectivity index (χ4v) is 1.50. The molecule has 3 N–H and O–H groups in total. The maximum Gasteiger partial charge on any atom is 0.323 e. The van der Waals surface area contributed by atoms with Crippen LogP contribution in [-0.2, 0) is 9.59 Å². The molecule has 0 saturated carbocycles. The molecule has 0 atom stereocenters. The Morgan fingerprint density at radius 2 is 1.78 bits per heavy atom. The Balaban J connectivity index is 4.87. The molecule has 18 heavy (non-hydrogen) atoms. The zero-order chi connectivity index (χ0) is 14.3. The van der Waals surface area contributed by atoms with Gasteiger partial charge in [0.25, 0.3) is 0 Å². The molecular weight excluding hydrogens is 238 g/mol. The number of nitrogens with two attached hydrogens (primary N) is 1. The Morgan fingerprint density at radius 3 is 2.11 bits per heavy atom. The molecule has 0 aromatic heterocycles. The highest BCUT2D eigenvalue weighted by atomic mass is 16.4. The molecule has 7 heteroatoms. The molecule has 0 aromatic carbocycles. The van der Waals surface area contributed by atoms with Gasteiger partial charge in [0.05, 0.1) is 0 Å². The van der Waals surface area contributed by atoms with Crippen molar-refractivity contribution in [2.24, 2.45) is 5.73 Å². The lowest BCUT2D eigenvalue weighted by Gasteiger charge is -2.31. The first-order valence-electron chi connectivity index (χ1n) is 5.85. The molecule has 7 nitrogen and oxygen atoms in total. The van der Waals surface area contributed by atoms with Crippen molar-refractivity contribution in [3.63, 3.8) is 0 Å². The molecule has 0 aromatic rings. The Morgan fingerprint density at radius 1 is 1.22 bits per heavy atom. The van der Waals surface area contributed by atoms with Crippen molar-refractivity contribution in [1.29, 1.82) is 0 Å². The Kier molecular flexibility index (Phi) is 6.77. The summed E-state index contributed by atoms with van der Waals surface area (Å²) in [5, 5.41) is 8.76. The molecule has 0 bridgehead atoms. The summed E-state index contributed by atoms with van der Waals surface area (Å²) >= 11 is 0. The highest BCUT2D eigenvalue weighted by Gasteiger charge is 2.25. The summed E-state index contributed by atoms with van der Waals surface area (Å²) in [6.07, 6.45) is 0.640. The van der Waals surface area contributed by atoms with Gasteiger partial charge in [-0.05, 0) is 20.3 Å². The number of hydrogen-bond donors (Lipinski definition) is 2. The molecule has 0 spiro atoms. The first-order valence-corrected chi connectivity index (χ1v) is 5.85. The van der Waals surface area contributed by atoms with Crippen molar-refractivity contribution in [3.8, 4) is 0 Å². The van der Waals surface area contributed by atoms with Gasteiger partial charge >= 0.3 is 12.0 Å². The second-order valence-electron chi connectivity index (χ2n) is 4.29. The molecule has 0 fully saturated rings. The summed E-state index contributed by atoms with van der Waals surface area (Å²) in [5.41, 5.74) is 5.08. The molecule has 0 aliphatic rings. The Hall–Kier alpha value is -1.79. The van der Waals surface area contributed by atoms with Crippen LogP contribution in [0.1, 0.15) is 27.2 Å². The van der Waals surface area contributed by atoms with Crippen LogP contribution in [0.4, 0.5) is 4.79 Å². The number of amides is 3. The lowest BCUT2D eigenvalue weighted by atomic mass is 10.3. The third kappa shape index (κ3) is 5.51. The molecule has 0 aliphatic carbocycles. The van der Waals surface area contributed by atoms with Crippen LogP contribution in [0.15, 0.2) is 0 Å². The van der Waals surface area contributed by atoms with Crippen molar-refractivity contribution >= 4 is 17.9 Å². The average Bonchev–Trinajstić information content (AvgIpc) is 2.23. The van der Waals surface area contributed by atoms with Crippen LogP contribution < -0.4 is 5.73 Å². The molecule has 0 aliphatic heterocycles. The van der Waals surface area contributed by atoms with E-state index in [0.29, 0.717) is 13.0 Å². The molecule has 0 radical (unpaired) electrons. The van der Waals surface area contributed by atoms with Crippen LogP contribution in [0.25, 0.3) is 0 Å². The van der Waals surface area contributed by atoms with Crippen LogP contribution in [-0.4, -0.2) is 58.5 Å². The number of urea groups is 1. The summed E-state index contributed by atoms with van der Waals surface area (Å²) in [6, 6.07) is -0.703. The Bertz CT molecular complexity index is 317. The topological polar surface area (TPSA) is 104 Å². The first kappa shape index (κ1) is 16.2. The van der Waals surface area contributed by atoms with Crippen LogP contribution in [0.5, 0.6) is 0 Å². The van der Waals surface area contributed by atoms with E-state index < -0.39 is 17.9 Å². The second kappa shape index (κ2) is 7.52. The maximum atomic E-state index is 12.1. The van der Waals surface area contributed by atoms with E-state index in [1.165, 1.54) is 9.80 Å². The average molecular weight is 259 g/mol. The van der Waals surface area contributed by atoms with Gasteiger partial charge in [0, 0.05) is 12.6 Å². The third-order valence-electron chi connectivity index (χ3n) is 2.29. The fourth-order valence-electron chi connectivity index (χ4n) is 1.50. The first-order chi connectivity index (χ1) is 8.29. The quantitative estimate of drug-likeness (QED) is 0.676. The molecular formula is C11H21N3O4. The number of carboxylic acids is 1. The van der Waals surface area contributed by atoms with Crippen LogP contribution >= 0.6 is 0 Å². The number of carboxylic acid groups (broad SMARTS) is 1. The minimum atomic E-state index is -1.08. The van der Waals surface area contributed by atoms with Gasteiger partial charge in [-0.15, -0.1) is 0 Å². The molecule has 0 heterocycles. The van der Waals surface area contributed by atoms with Gasteiger partial charge in [0.1, 0.15) is 13.1 Å². The monoisotopic (exact) mass is 259 g/mol. The summed E-state index contributed by atoms with van der Waals surface area (Å²) in [4.78, 5) is 36.2. The van der Waals surface area contributed by atoms with Gasteiger partial charge in [-0.2, -0.15) is 0 Å². The smallest absolute Gasteiger partial charge is 0.323 e. The van der Waals surface area contributed by atoms with Crippen molar-refractivity contribution < 1.29 is 19.5 Å². The largest absolute Gasteiger partial charge is 0.480 e. The van der Waals surface area contributed by atoms with Gasteiger partial charge in [0.2, 0.25) is 5.91 Å². The Labute approximate surface area is 107 Å². The lowest BCUT2D eigenvalue weighted by Crippen LogP contribution is -2.51. The van der Waals surface area contributed by atoms with Gasteiger partial charge in [-0.3, -0.25) is 9.59 Å². The number of carbonyl (C=O) groups excluding carboxylic acids is 2. The number of rotatable bonds is 7. The molecule has 0 saturated heterocycles. The van der Waals surface area contributed by atoms with Crippen molar-refractivity contribution in [2.45, 2.75) is 33.2 Å². The third-order valence-corrected chi connectivity index (χ3v) is 2.29. The molecule has 0 rings (SSSR count). The van der Waals surface area contributed by atoms with E-state index in [-0.39, 0.29) is 19.1 Å². The van der Waals surface area contributed by atoms with Gasteiger partial charge in [-0.25, -0.2) is 4.79 Å². The van der Waals surface area contributed by atoms with Gasteiger partial charge < -0.3 is 20.6 Å². The predicted molar refractivity (Wildman–Crippen MR) is 65.9 cm³/mol. The second-order valence-corrected chi connectivity index (χ2v) is 4.29. The van der Waals surface area contributed by atoms with Crippen LogP contribution in [0.3, 0.4) is 0 Å². The number of hydrogen-bond acceptors (Lipinski definition) is 3. The minimum absolute atomic E-state index is 0.212. The van der Waals surface area contributed by atoms with Crippen molar-refractivity contribution in [1.82, 2.24) is 9.80 Å². The van der Waals surface area contributed by atoms with E-state index in [4.69, 9.17) is 10.8 Å². The molecule has 104 valence electrons. The van der Waals surface area contributed by atoms with E-state index in [0.717, 1.165) is 0 Å². The van der Waals surface area contributed by atoms with Gasteiger partial charge in [0.15, 0.2) is 0 Å². The van der Waals surface area contributed by atoms with E-state index >= 15 is 0 Å². The van der Waals surface area contributed by atoms with E-state index in [1.807, 2.05) is 6.92 Å². The highest BCUT2D eigenvalue weighted by molar-refractivity contribution is 5.85. The standard InChI is InChI=1S/C11H21N3O4/c1-4-5-13(7-10(16)17)11(18)14(8(2)3)6-9(12)15/h8H,4-7H2,1-3H3,(H2,12,15)(H,16,17). The summed E-state index contributed by atoms with van der Waals surface area (Å²) < 4.78 is 0. The number of aliphatic carboxylic acids is 1. The molecule has 0 unspecified atom stereocenters. The van der Waals surface area contributed by atoms with Gasteiger partial charge in [-0.1, -0.05) is 6.92 Å². The lowest BCUT2D eigenvalue weighted by molar-refractivity contribution is -0.137. The zero-order valence-corrected chi connectivity index (χ0v) is 11.0. The van der Waals surface area contributed by atoms with E-state index in [1.54, 1.807) is 13.8 Å². The highest BCUT2D eigenvalue weighted by Crippen LogP contribution is 2.05. The van der Waals surface area contributed by atoms with Crippen molar-refractivity contribution in [2.75, 3.05) is 19.6 Å². The maximum absolute atomic E-state index is 12.1. The van der Waals surface area contributed by atoms with E-state index in [9.17, 15) is 14.4 Å². The predicted octanol–water partition coefficient (Wildman–Crippen LogP) is 0.0987. The SMILES string of the molecule is CCCN(CC(=O)O)C(=O)N(CC(N)=O)C(C)C. The van der Waals surface area contributed by atoms with E-state index in [2.05, 4.69) is 0 Å². The zero-order valence-electron chi connectivity index (χ0n) is 11.0. The van der Waals surface area contributed by atoms with Crippen LogP contribution in [0.2, 0.25) is 0 Å². The summed E-state index contributed by atoms with van der Waals surface area (Å²) in [7, 11) is 0. The molecule has 3 amide bonds. The van der Waals surface area contributed by atoms with Crippen molar-refractivity contribution in [3.05, 3.63) is 0 Å². The fraction of sp³-hybridized carbons (Fsp3) is 0.727. The normalized spacial score (nSPS) is 10.2.